The summed E-state index contributed by atoms with van der Waals surface area (Å²) in [5.74, 6) is 0.936. The van der Waals surface area contributed by atoms with E-state index in [4.69, 9.17) is 0 Å². The zero-order chi connectivity index (χ0) is 13.1. The minimum atomic E-state index is 0.406. The van der Waals surface area contributed by atoms with Crippen molar-refractivity contribution in [1.29, 1.82) is 0 Å². The van der Waals surface area contributed by atoms with Crippen LogP contribution in [0.1, 0.15) is 51.4 Å². The van der Waals surface area contributed by atoms with Crippen LogP contribution in [0.5, 0.6) is 0 Å². The Labute approximate surface area is 118 Å². The van der Waals surface area contributed by atoms with Crippen LogP contribution < -0.4 is 9.80 Å². The van der Waals surface area contributed by atoms with Gasteiger partial charge in [-0.15, -0.1) is 0 Å². The molecule has 0 spiro atoms. The van der Waals surface area contributed by atoms with Crippen molar-refractivity contribution in [3.8, 4) is 0 Å². The molecule has 3 heterocycles. The third-order valence-corrected chi connectivity index (χ3v) is 6.05. The first-order valence-electron chi connectivity index (χ1n) is 8.68. The van der Waals surface area contributed by atoms with Crippen molar-refractivity contribution in [2.75, 3.05) is 32.8 Å². The van der Waals surface area contributed by atoms with E-state index in [2.05, 4.69) is 0 Å². The fraction of sp³-hybridized carbons (Fsp3) is 1.00. The number of nitrogens with one attached hydrogen (secondary N) is 2. The largest absolute Gasteiger partial charge is 0.390 e. The van der Waals surface area contributed by atoms with Gasteiger partial charge in [0.05, 0.1) is 44.7 Å². The van der Waals surface area contributed by atoms with E-state index in [1.165, 1.54) is 77.5 Å². The van der Waals surface area contributed by atoms with Crippen molar-refractivity contribution in [1.82, 2.24) is 0 Å². The highest BCUT2D eigenvalue weighted by Crippen LogP contribution is 2.19. The van der Waals surface area contributed by atoms with Crippen LogP contribution in [0, 0.1) is 5.92 Å². The summed E-state index contributed by atoms with van der Waals surface area (Å²) in [6.45, 7) is 5.92. The molecule has 0 amide bonds. The Balaban J connectivity index is 1.60. The number of aliphatic hydroxyl groups excluding tert-OH is 1. The number of aliphatic hydroxyl groups is 1. The third kappa shape index (κ3) is 3.14. The van der Waals surface area contributed by atoms with E-state index in [0.717, 1.165) is 12.0 Å². The molecule has 110 valence electrons. The Morgan fingerprint density at radius 3 is 2.53 bits per heavy atom. The van der Waals surface area contributed by atoms with Crippen LogP contribution in [0.4, 0.5) is 0 Å². The molecule has 3 heteroatoms. The highest BCUT2D eigenvalue weighted by Gasteiger charge is 2.40. The van der Waals surface area contributed by atoms with Crippen molar-refractivity contribution in [2.45, 2.75) is 63.5 Å². The van der Waals surface area contributed by atoms with E-state index in [-0.39, 0.29) is 0 Å². The van der Waals surface area contributed by atoms with Crippen LogP contribution in [0.2, 0.25) is 0 Å². The van der Waals surface area contributed by atoms with Gasteiger partial charge < -0.3 is 14.9 Å². The van der Waals surface area contributed by atoms with Crippen molar-refractivity contribution < 1.29 is 14.9 Å². The first-order chi connectivity index (χ1) is 9.38. The molecule has 5 atom stereocenters. The van der Waals surface area contributed by atoms with Gasteiger partial charge in [-0.05, 0) is 38.5 Å². The molecule has 0 aliphatic carbocycles. The normalized spacial score (nSPS) is 43.7. The molecule has 3 saturated heterocycles. The van der Waals surface area contributed by atoms with Gasteiger partial charge in [0.1, 0.15) is 6.04 Å². The van der Waals surface area contributed by atoms with Gasteiger partial charge >= 0.3 is 0 Å². The summed E-state index contributed by atoms with van der Waals surface area (Å²) in [6.07, 6.45) is 11.2. The molecular weight excluding hydrogens is 236 g/mol. The quantitative estimate of drug-likeness (QED) is 0.619. The fourth-order valence-corrected chi connectivity index (χ4v) is 5.00. The Morgan fingerprint density at radius 2 is 1.63 bits per heavy atom. The van der Waals surface area contributed by atoms with E-state index >= 15 is 0 Å². The van der Waals surface area contributed by atoms with Gasteiger partial charge in [0, 0.05) is 12.8 Å². The maximum absolute atomic E-state index is 9.60. The minimum Gasteiger partial charge on any atom is -0.390 e. The number of piperidine rings is 3. The number of rotatable bonds is 3. The number of hydrogen-bond donors (Lipinski definition) is 3. The van der Waals surface area contributed by atoms with Gasteiger partial charge in [-0.2, -0.15) is 0 Å². The van der Waals surface area contributed by atoms with Gasteiger partial charge in [0.2, 0.25) is 0 Å². The maximum Gasteiger partial charge on any atom is 0.111 e. The first-order valence-corrected chi connectivity index (χ1v) is 8.68. The van der Waals surface area contributed by atoms with E-state index in [9.17, 15) is 5.11 Å². The van der Waals surface area contributed by atoms with Gasteiger partial charge in [0.15, 0.2) is 0 Å². The van der Waals surface area contributed by atoms with Crippen LogP contribution in [0.25, 0.3) is 0 Å². The molecule has 0 aromatic rings. The van der Waals surface area contributed by atoms with Crippen molar-refractivity contribution in [3.63, 3.8) is 0 Å². The second kappa shape index (κ2) is 6.55. The van der Waals surface area contributed by atoms with E-state index in [0.29, 0.717) is 12.6 Å². The molecule has 0 radical (unpaired) electrons. The number of fused-ring (bicyclic) bond motifs is 1. The molecule has 3 aliphatic heterocycles. The van der Waals surface area contributed by atoms with E-state index < -0.39 is 0 Å². The minimum absolute atomic E-state index is 0.406. The lowest BCUT2D eigenvalue weighted by Crippen LogP contribution is -3.21. The van der Waals surface area contributed by atoms with Gasteiger partial charge in [-0.25, -0.2) is 0 Å². The topological polar surface area (TPSA) is 29.1 Å². The van der Waals surface area contributed by atoms with Gasteiger partial charge in [-0.3, -0.25) is 0 Å². The smallest absolute Gasteiger partial charge is 0.111 e. The second-order valence-corrected chi connectivity index (χ2v) is 7.15. The van der Waals surface area contributed by atoms with Crippen LogP contribution in [-0.2, 0) is 0 Å². The highest BCUT2D eigenvalue weighted by atomic mass is 16.3. The predicted molar refractivity (Wildman–Crippen MR) is 76.5 cm³/mol. The lowest BCUT2D eigenvalue weighted by Gasteiger charge is -2.43. The Hall–Kier alpha value is -0.120. The number of likely N-dealkylation sites (tertiary alicyclic amines) is 1. The maximum atomic E-state index is 9.60. The first kappa shape index (κ1) is 13.8. The molecule has 3 N–H and O–H groups in total. The lowest BCUT2D eigenvalue weighted by atomic mass is 9.82. The number of hydrogen-bond acceptors (Lipinski definition) is 1. The van der Waals surface area contributed by atoms with Gasteiger partial charge in [0.25, 0.3) is 0 Å². The number of quaternary nitrogens is 2. The average molecular weight is 268 g/mol. The lowest BCUT2D eigenvalue weighted by molar-refractivity contribution is -0.962. The van der Waals surface area contributed by atoms with Crippen molar-refractivity contribution >= 4 is 0 Å². The van der Waals surface area contributed by atoms with Crippen LogP contribution in [0.3, 0.4) is 0 Å². The molecule has 0 aromatic carbocycles. The molecule has 0 bridgehead atoms. The summed E-state index contributed by atoms with van der Waals surface area (Å²) in [4.78, 5) is 3.64. The van der Waals surface area contributed by atoms with Crippen LogP contribution >= 0.6 is 0 Å². The third-order valence-electron chi connectivity index (χ3n) is 6.05. The zero-order valence-corrected chi connectivity index (χ0v) is 12.4. The van der Waals surface area contributed by atoms with E-state index in [1.807, 2.05) is 4.90 Å². The summed E-state index contributed by atoms with van der Waals surface area (Å²) in [5.41, 5.74) is 0. The van der Waals surface area contributed by atoms with Gasteiger partial charge in [-0.1, -0.05) is 0 Å². The van der Waals surface area contributed by atoms with Crippen molar-refractivity contribution in [3.05, 3.63) is 0 Å². The summed E-state index contributed by atoms with van der Waals surface area (Å²) < 4.78 is 0. The standard InChI is InChI=1S/C16H30N2O/c19-13-15-7-1-3-10-18(15)12-14-6-5-11-17-9-4-2-8-16(14)17/h14-16,19H,1-13H2/p+2/t14-,15+,16+/m0/s1. The highest BCUT2D eigenvalue weighted by molar-refractivity contribution is 4.76. The second-order valence-electron chi connectivity index (χ2n) is 7.15. The van der Waals surface area contributed by atoms with Crippen molar-refractivity contribution in [2.24, 2.45) is 5.92 Å². The van der Waals surface area contributed by atoms with Crippen LogP contribution in [-0.4, -0.2) is 50.0 Å². The molecule has 3 aliphatic rings. The molecule has 3 nitrogen and oxygen atoms in total. The summed E-state index contributed by atoms with van der Waals surface area (Å²) >= 11 is 0. The Morgan fingerprint density at radius 1 is 0.842 bits per heavy atom. The molecular formula is C16H32N2O+2. The average Bonchev–Trinajstić information content (AvgIpc) is 2.48. The molecule has 3 rings (SSSR count). The molecule has 3 fully saturated rings. The summed E-state index contributed by atoms with van der Waals surface area (Å²) in [6, 6.07) is 1.50. The molecule has 0 saturated carbocycles. The van der Waals surface area contributed by atoms with Crippen LogP contribution in [0.15, 0.2) is 0 Å². The fourth-order valence-electron chi connectivity index (χ4n) is 5.00. The summed E-state index contributed by atoms with van der Waals surface area (Å²) in [5, 5.41) is 9.60. The monoisotopic (exact) mass is 268 g/mol. The molecule has 19 heavy (non-hydrogen) atoms. The SMILES string of the molecule is OC[C@H]1CCCC[NH+]1C[C@@H]1CCC[NH+]2CCCC[C@H]12. The molecule has 0 aromatic heterocycles. The zero-order valence-electron chi connectivity index (χ0n) is 12.4. The predicted octanol–water partition coefficient (Wildman–Crippen LogP) is -0.736. The molecule has 2 unspecified atom stereocenters. The Bertz CT molecular complexity index is 282. The Kier molecular flexibility index (Phi) is 4.78. The van der Waals surface area contributed by atoms with E-state index in [1.54, 1.807) is 4.90 Å². The summed E-state index contributed by atoms with van der Waals surface area (Å²) in [7, 11) is 0.